The Labute approximate surface area is 205 Å². The van der Waals surface area contributed by atoms with Gasteiger partial charge in [-0.2, -0.15) is 0 Å². The van der Waals surface area contributed by atoms with Gasteiger partial charge in [-0.3, -0.25) is 0 Å². The molecule has 35 heavy (non-hydrogen) atoms. The summed E-state index contributed by atoms with van der Waals surface area (Å²) in [4.78, 5) is 4.82. The molecule has 3 heterocycles. The molecule has 0 radical (unpaired) electrons. The number of aromatic nitrogens is 5. The predicted molar refractivity (Wildman–Crippen MR) is 135 cm³/mol. The fraction of sp³-hybridized carbons (Fsp3) is 0.0741. The van der Waals surface area contributed by atoms with E-state index in [9.17, 15) is 0 Å². The van der Waals surface area contributed by atoms with Crippen molar-refractivity contribution in [1.29, 1.82) is 0 Å². The first kappa shape index (κ1) is 21.2. The molecule has 3 aromatic carbocycles. The molecule has 170 valence electrons. The minimum Gasteiger partial charge on any atom is -0.420 e. The summed E-state index contributed by atoms with van der Waals surface area (Å²) >= 11 is 1.35. The Balaban J connectivity index is 1.25. The third kappa shape index (κ3) is 4.43. The molecule has 0 aliphatic rings. The number of pyridine rings is 1. The average molecular weight is 478 g/mol. The summed E-state index contributed by atoms with van der Waals surface area (Å²) in [6.07, 6.45) is 0. The summed E-state index contributed by atoms with van der Waals surface area (Å²) in [5.74, 6) is 1.84. The quantitative estimate of drug-likeness (QED) is 0.248. The number of hydrogen-bond donors (Lipinski definition) is 0. The molecular weight excluding hydrogens is 458 g/mol. The molecular formula is C27H19N5O2S. The highest BCUT2D eigenvalue weighted by Gasteiger charge is 2.16. The molecule has 6 aromatic rings. The van der Waals surface area contributed by atoms with E-state index in [1.165, 1.54) is 17.3 Å². The number of thioether (sulfide) groups is 1. The van der Waals surface area contributed by atoms with Crippen LogP contribution in [0, 0.1) is 6.92 Å². The third-order valence-corrected chi connectivity index (χ3v) is 6.31. The largest absolute Gasteiger partial charge is 0.420 e. The van der Waals surface area contributed by atoms with Gasteiger partial charge in [0.15, 0.2) is 0 Å². The van der Waals surface area contributed by atoms with Crippen molar-refractivity contribution < 1.29 is 8.83 Å². The summed E-state index contributed by atoms with van der Waals surface area (Å²) in [6.45, 7) is 2.04. The van der Waals surface area contributed by atoms with Crippen molar-refractivity contribution in [2.45, 2.75) is 17.9 Å². The SMILES string of the molecule is Cc1ccc(-c2nnc(CSc3nnc(-c4cc(-c5ccccc5)nc5ccccc45)o3)o2)cc1. The maximum absolute atomic E-state index is 6.02. The number of nitrogens with zero attached hydrogens (tertiary/aromatic N) is 5. The average Bonchev–Trinajstić information content (AvgIpc) is 3.58. The van der Waals surface area contributed by atoms with Gasteiger partial charge in [0.25, 0.3) is 5.22 Å². The van der Waals surface area contributed by atoms with Crippen molar-refractivity contribution in [3.63, 3.8) is 0 Å². The Bertz CT molecular complexity index is 1610. The smallest absolute Gasteiger partial charge is 0.277 e. The molecule has 0 aliphatic carbocycles. The van der Waals surface area contributed by atoms with E-state index in [1.807, 2.05) is 91.9 Å². The van der Waals surface area contributed by atoms with Crippen molar-refractivity contribution in [1.82, 2.24) is 25.4 Å². The van der Waals surface area contributed by atoms with E-state index in [0.717, 1.165) is 33.3 Å². The second kappa shape index (κ2) is 9.15. The van der Waals surface area contributed by atoms with Crippen LogP contribution in [0.15, 0.2) is 99.0 Å². The lowest BCUT2D eigenvalue weighted by Crippen LogP contribution is -1.89. The molecule has 0 spiro atoms. The molecule has 0 unspecified atom stereocenters. The van der Waals surface area contributed by atoms with Crippen molar-refractivity contribution >= 4 is 22.7 Å². The molecule has 0 bridgehead atoms. The maximum Gasteiger partial charge on any atom is 0.277 e. The van der Waals surface area contributed by atoms with Gasteiger partial charge in [-0.15, -0.1) is 20.4 Å². The van der Waals surface area contributed by atoms with E-state index in [4.69, 9.17) is 13.8 Å². The second-order valence-electron chi connectivity index (χ2n) is 7.97. The Kier molecular flexibility index (Phi) is 5.56. The van der Waals surface area contributed by atoms with Crippen molar-refractivity contribution in [2.75, 3.05) is 0 Å². The zero-order valence-electron chi connectivity index (χ0n) is 18.8. The fourth-order valence-corrected chi connectivity index (χ4v) is 4.33. The van der Waals surface area contributed by atoms with Gasteiger partial charge in [0.1, 0.15) is 0 Å². The highest BCUT2D eigenvalue weighted by molar-refractivity contribution is 7.98. The van der Waals surface area contributed by atoms with E-state index in [-0.39, 0.29) is 0 Å². The summed E-state index contributed by atoms with van der Waals surface area (Å²) in [5, 5.41) is 18.2. The predicted octanol–water partition coefficient (Wildman–Crippen LogP) is 6.60. The van der Waals surface area contributed by atoms with Crippen LogP contribution in [0.25, 0.3) is 45.1 Å². The van der Waals surface area contributed by atoms with Gasteiger partial charge in [-0.05, 0) is 31.2 Å². The van der Waals surface area contributed by atoms with Crippen LogP contribution in [0.1, 0.15) is 11.5 Å². The van der Waals surface area contributed by atoms with Crippen LogP contribution >= 0.6 is 11.8 Å². The van der Waals surface area contributed by atoms with Gasteiger partial charge in [0.05, 0.1) is 22.5 Å². The number of rotatable bonds is 6. The molecule has 0 fully saturated rings. The Morgan fingerprint density at radius 2 is 1.49 bits per heavy atom. The first-order chi connectivity index (χ1) is 17.2. The molecule has 7 nitrogen and oxygen atoms in total. The Hall–Kier alpha value is -4.30. The fourth-order valence-electron chi connectivity index (χ4n) is 3.73. The number of aryl methyl sites for hydroxylation is 1. The standard InChI is InChI=1S/C27H19N5O2S/c1-17-11-13-19(14-12-17)25-30-29-24(33-25)16-35-27-32-31-26(34-27)21-15-23(18-7-3-2-4-8-18)28-22-10-6-5-9-20(21)22/h2-15H,16H2,1H3. The number of benzene rings is 3. The Morgan fingerprint density at radius 1 is 0.714 bits per heavy atom. The lowest BCUT2D eigenvalue weighted by atomic mass is 10.0. The molecule has 0 saturated heterocycles. The van der Waals surface area contributed by atoms with Gasteiger partial charge in [0, 0.05) is 16.5 Å². The van der Waals surface area contributed by atoms with Gasteiger partial charge < -0.3 is 8.83 Å². The van der Waals surface area contributed by atoms with Crippen molar-refractivity contribution in [3.05, 3.63) is 96.4 Å². The lowest BCUT2D eigenvalue weighted by molar-refractivity contribution is 0.464. The first-order valence-corrected chi connectivity index (χ1v) is 12.0. The highest BCUT2D eigenvalue weighted by Crippen LogP contribution is 2.33. The van der Waals surface area contributed by atoms with E-state index < -0.39 is 0 Å². The molecule has 0 N–H and O–H groups in total. The number of para-hydroxylation sites is 1. The third-order valence-electron chi connectivity index (χ3n) is 5.51. The first-order valence-electron chi connectivity index (χ1n) is 11.0. The monoisotopic (exact) mass is 477 g/mol. The van der Waals surface area contributed by atoms with Crippen LogP contribution in [0.4, 0.5) is 0 Å². The van der Waals surface area contributed by atoms with Gasteiger partial charge in [0.2, 0.25) is 17.7 Å². The van der Waals surface area contributed by atoms with E-state index in [2.05, 4.69) is 20.4 Å². The summed E-state index contributed by atoms with van der Waals surface area (Å²) in [6, 6.07) is 27.9. The molecule has 0 aliphatic heterocycles. The molecule has 0 amide bonds. The summed E-state index contributed by atoms with van der Waals surface area (Å²) in [5.41, 5.74) is 5.64. The normalized spacial score (nSPS) is 11.2. The van der Waals surface area contributed by atoms with Gasteiger partial charge in [-0.25, -0.2) is 4.98 Å². The van der Waals surface area contributed by atoms with Crippen LogP contribution in [-0.4, -0.2) is 25.4 Å². The van der Waals surface area contributed by atoms with E-state index in [1.54, 1.807) is 0 Å². The van der Waals surface area contributed by atoms with Crippen LogP contribution < -0.4 is 0 Å². The topological polar surface area (TPSA) is 90.7 Å². The van der Waals surface area contributed by atoms with Crippen molar-refractivity contribution in [2.24, 2.45) is 0 Å². The van der Waals surface area contributed by atoms with E-state index in [0.29, 0.717) is 28.6 Å². The minimum absolute atomic E-state index is 0.423. The van der Waals surface area contributed by atoms with Gasteiger partial charge >= 0.3 is 0 Å². The second-order valence-corrected chi connectivity index (χ2v) is 8.89. The molecule has 6 rings (SSSR count). The van der Waals surface area contributed by atoms with Crippen LogP contribution in [0.3, 0.4) is 0 Å². The zero-order chi connectivity index (χ0) is 23.6. The van der Waals surface area contributed by atoms with Gasteiger partial charge in [-0.1, -0.05) is 78.0 Å². The zero-order valence-corrected chi connectivity index (χ0v) is 19.6. The highest BCUT2D eigenvalue weighted by atomic mass is 32.2. The molecule has 0 atom stereocenters. The minimum atomic E-state index is 0.423. The maximum atomic E-state index is 6.02. The molecule has 3 aromatic heterocycles. The number of fused-ring (bicyclic) bond motifs is 1. The van der Waals surface area contributed by atoms with Crippen LogP contribution in [-0.2, 0) is 5.75 Å². The van der Waals surface area contributed by atoms with Crippen LogP contribution in [0.5, 0.6) is 0 Å². The molecule has 8 heteroatoms. The Morgan fingerprint density at radius 3 is 2.34 bits per heavy atom. The van der Waals surface area contributed by atoms with Crippen molar-refractivity contribution in [3.8, 4) is 34.2 Å². The van der Waals surface area contributed by atoms with E-state index >= 15 is 0 Å². The van der Waals surface area contributed by atoms with Crippen LogP contribution in [0.2, 0.25) is 0 Å². The molecule has 0 saturated carbocycles. The number of hydrogen-bond acceptors (Lipinski definition) is 8. The lowest BCUT2D eigenvalue weighted by Gasteiger charge is -2.07. The summed E-state index contributed by atoms with van der Waals surface area (Å²) < 4.78 is 11.8. The summed E-state index contributed by atoms with van der Waals surface area (Å²) in [7, 11) is 0.